The fraction of sp³-hybridized carbons (Fsp3) is 0.0952. The zero-order chi connectivity index (χ0) is 84.1. The van der Waals surface area contributed by atoms with Crippen molar-refractivity contribution in [2.75, 3.05) is 24.5 Å². The van der Waals surface area contributed by atoms with Gasteiger partial charge < -0.3 is 30.4 Å². The van der Waals surface area contributed by atoms with Crippen molar-refractivity contribution in [3.63, 3.8) is 0 Å². The predicted molar refractivity (Wildman–Crippen MR) is 548 cm³/mol. The van der Waals surface area contributed by atoms with Gasteiger partial charge in [0.05, 0.1) is 25.1 Å². The molecule has 3 heterocycles. The summed E-state index contributed by atoms with van der Waals surface area (Å²) in [6, 6.07) is 128. The lowest BCUT2D eigenvalue weighted by molar-refractivity contribution is 0.0972. The summed E-state index contributed by atoms with van der Waals surface area (Å²) in [5, 5.41) is 22.6. The van der Waals surface area contributed by atoms with E-state index < -0.39 is 7.15 Å². The molecule has 0 amide bonds. The molecule has 616 valence electrons. The highest BCUT2D eigenvalue weighted by molar-refractivity contribution is 14.1. The number of rotatable bonds is 6. The number of para-hydroxylation sites is 1. The summed E-state index contributed by atoms with van der Waals surface area (Å²) < 4.78 is 33.5. The molecule has 0 spiro atoms. The standard InChI is InChI=1S/C24H19N.C22H14BrN.C16H12BrN.C16H10BrN.C10H10O.C6H7BrN2.C6H5I.C2H6O.CH3F.2CH4.2ClH.H2/c1-3-7-19(8-4-1)21-11-15-23(16-12-21)25-24-17-13-22(14-18-24)20-9-5-2-6-10-20;23-16-11-13-19-20-12-10-15-6-4-5-9-18(15)22(20)24(21(19)14-16)17-7-2-1-3-8-17;2*17-11-6-8-13-14-7-5-10-3-1-2-4-12(10)16(14)18-15(13)9-11;11-10-7-3-5-8-4-1-2-6-9(8)10;7-5-2-1-3-6(4-5)9-8;7-6-4-2-1-3-5-6;1-2-3;1-2;;;;;/h1-18,25H;1-14H;1-4,6,8-9,18H,5,7H2;1-9,18H;1-2,4,6H,3,5,7H2;1-4,9H,8H2;1-5H;3H,2H2,1H3;1H3;2*1H4;3*1H/i;;;;;;;;1D;;;;;1+1D. The monoisotopic (exact) mass is 2010 g/mol. The second kappa shape index (κ2) is 47.1. The van der Waals surface area contributed by atoms with Gasteiger partial charge in [-0.15, -0.1) is 24.8 Å². The van der Waals surface area contributed by atoms with Crippen LogP contribution in [0.15, 0.2) is 388 Å². The third-order valence-electron chi connectivity index (χ3n) is 20.1. The molecule has 19 aromatic rings. The molecule has 7 N–H and O–H groups in total. The lowest BCUT2D eigenvalue weighted by Gasteiger charge is -2.16. The Balaban J connectivity index is 0.000000181. The number of carbonyl (C=O) groups is 1. The molecule has 0 saturated heterocycles. The molecule has 121 heavy (non-hydrogen) atoms. The molecule has 0 bridgehead atoms. The number of fused-ring (bicyclic) bond motifs is 16. The van der Waals surface area contributed by atoms with Gasteiger partial charge in [0.15, 0.2) is 5.78 Å². The first-order valence-electron chi connectivity index (χ1n) is 40.2. The maximum Gasteiger partial charge on any atom is 0.163 e. The number of nitrogens with one attached hydrogen (secondary N) is 4. The summed E-state index contributed by atoms with van der Waals surface area (Å²) in [6.45, 7) is 1.93. The number of aryl methyl sites for hydroxylation is 3. The van der Waals surface area contributed by atoms with E-state index >= 15 is 0 Å². The number of carbonyl (C=O) groups excluding carboxylic acids is 1. The number of alkyl halides is 1. The van der Waals surface area contributed by atoms with Crippen LogP contribution in [0, 0.1) is 3.57 Å². The molecule has 0 saturated carbocycles. The molecule has 2 aliphatic carbocycles. The number of aliphatic hydroxyl groups excluding tert-OH is 1. The van der Waals surface area contributed by atoms with Crippen molar-refractivity contribution in [2.24, 2.45) is 5.84 Å². The third kappa shape index (κ3) is 24.0. The Labute approximate surface area is 773 Å². The molecular weight excluding hydrogens is 1910 g/mol. The van der Waals surface area contributed by atoms with Crippen molar-refractivity contribution < 1.29 is 18.6 Å². The maximum atomic E-state index is 11.3. The zero-order valence-corrected chi connectivity index (χ0v) is 75.3. The zero-order valence-electron chi connectivity index (χ0n) is 68.1. The van der Waals surface area contributed by atoms with E-state index in [0.29, 0.717) is 5.78 Å². The Morgan fingerprint density at radius 3 is 1.44 bits per heavy atom. The summed E-state index contributed by atoms with van der Waals surface area (Å²) in [6.07, 6.45) is 5.11. The van der Waals surface area contributed by atoms with E-state index in [9.17, 15) is 9.18 Å². The fourth-order valence-electron chi connectivity index (χ4n) is 14.7. The van der Waals surface area contributed by atoms with Crippen LogP contribution in [-0.2, 0) is 19.3 Å². The van der Waals surface area contributed by atoms with Crippen LogP contribution in [0.1, 0.15) is 66.0 Å². The third-order valence-corrected chi connectivity index (χ3v) is 22.7. The Bertz CT molecular complexity index is 6460. The van der Waals surface area contributed by atoms with E-state index in [2.05, 4.69) is 403 Å². The Kier molecular flexibility index (Phi) is 35.5. The number of anilines is 3. The second-order valence-electron chi connectivity index (χ2n) is 27.6. The van der Waals surface area contributed by atoms with E-state index in [1.165, 1.54) is 136 Å². The van der Waals surface area contributed by atoms with Crippen LogP contribution in [-0.4, -0.2) is 39.2 Å². The first-order valence-corrected chi connectivity index (χ1v) is 42.8. The Morgan fingerprint density at radius 2 is 0.893 bits per heavy atom. The van der Waals surface area contributed by atoms with Gasteiger partial charge in [0.1, 0.15) is 0 Å². The van der Waals surface area contributed by atoms with Crippen LogP contribution in [0.3, 0.4) is 0 Å². The van der Waals surface area contributed by atoms with Crippen molar-refractivity contribution in [3.8, 4) is 39.2 Å². The quantitative estimate of drug-likeness (QED) is 0.0562. The van der Waals surface area contributed by atoms with Crippen LogP contribution >= 0.6 is 111 Å². The largest absolute Gasteiger partial charge is 0.397 e. The minimum Gasteiger partial charge on any atom is -0.397 e. The minimum atomic E-state index is -1.00. The van der Waals surface area contributed by atoms with Crippen molar-refractivity contribution in [1.29, 1.82) is 0 Å². The second-order valence-corrected chi connectivity index (χ2v) is 32.5. The van der Waals surface area contributed by atoms with E-state index in [4.69, 9.17) is 15.3 Å². The number of nitrogen functional groups attached to an aromatic ring is 1. The lowest BCUT2D eigenvalue weighted by atomic mass is 9.89. The highest BCUT2D eigenvalue weighted by atomic mass is 127. The van der Waals surface area contributed by atoms with Crippen LogP contribution in [0.5, 0.6) is 0 Å². The lowest BCUT2D eigenvalue weighted by Crippen LogP contribution is -2.09. The van der Waals surface area contributed by atoms with Crippen LogP contribution in [0.4, 0.5) is 21.5 Å². The Morgan fingerprint density at radius 1 is 0.446 bits per heavy atom. The number of aliphatic hydroxyl groups is 1. The number of ketones is 1. The van der Waals surface area contributed by atoms with E-state index in [-0.39, 0.29) is 46.3 Å². The molecule has 8 nitrogen and oxygen atoms in total. The predicted octanol–water partition coefficient (Wildman–Crippen LogP) is 32.6. The average molecular weight is 2020 g/mol. The fourth-order valence-corrected chi connectivity index (χ4v) is 16.6. The van der Waals surface area contributed by atoms with E-state index in [0.717, 1.165) is 72.6 Å². The summed E-state index contributed by atoms with van der Waals surface area (Å²) in [5.41, 5.74) is 25.6. The molecule has 0 radical (unpaired) electrons. The van der Waals surface area contributed by atoms with Crippen LogP contribution < -0.4 is 16.6 Å². The summed E-state index contributed by atoms with van der Waals surface area (Å²) in [7, 11) is -1.00. The van der Waals surface area contributed by atoms with Crippen molar-refractivity contribution in [3.05, 3.63) is 414 Å². The number of hydrazine groups is 1. The molecule has 0 aliphatic heterocycles. The number of hydrogen-bond acceptors (Lipinski definition) is 5. The SMILES string of the molecule is Brc1ccc2c(c1)[nH]c1c3ccccc3ccc21.Brc1ccc2c3c([nH]c2c1)-c1ccccc1CC3.Brc1ccc2c3ccc4ccccc4c3n(-c3ccccc3)c2c1.C.C.CCO.Cl.Cl.Ic1ccccc1.NNc1cccc(Br)c1.O=C1CCCc2ccccc21.[2H]CF.[2H][2H].c1ccc(-c2ccc(Nc3ccc(-c4ccccc4)cc3)cc2)cc1. The van der Waals surface area contributed by atoms with Gasteiger partial charge in [0.2, 0.25) is 0 Å². The molecule has 0 fully saturated rings. The first-order chi connectivity index (χ1) is 58.8. The van der Waals surface area contributed by atoms with Crippen LogP contribution in [0.2, 0.25) is 0 Å². The maximum absolute atomic E-state index is 11.3. The van der Waals surface area contributed by atoms with Gasteiger partial charge in [0.25, 0.3) is 0 Å². The number of nitrogens with two attached hydrogens (primary N) is 1. The number of nitrogens with zero attached hydrogens (tertiary/aromatic N) is 1. The van der Waals surface area contributed by atoms with Crippen molar-refractivity contribution in [1.82, 2.24) is 14.5 Å². The number of aromatic amines is 2. The van der Waals surface area contributed by atoms with Gasteiger partial charge in [0, 0.05) is 126 Å². The average Bonchev–Trinajstić information content (AvgIpc) is 1.52. The molecule has 0 unspecified atom stereocenters. The van der Waals surface area contributed by atoms with Gasteiger partial charge in [-0.1, -0.05) is 345 Å². The molecular formula is C105H98Br4Cl2FIN6O2. The number of benzene rings is 16. The summed E-state index contributed by atoms with van der Waals surface area (Å²) >= 11 is 16.3. The summed E-state index contributed by atoms with van der Waals surface area (Å²) in [5.74, 6) is 5.46. The number of aromatic nitrogens is 3. The normalized spacial score (nSPS) is 11.2. The number of H-pyrrole nitrogens is 2. The number of Topliss-reactive ketones (excluding diaryl/α,β-unsaturated/α-hetero) is 1. The van der Waals surface area contributed by atoms with Gasteiger partial charge in [-0.2, -0.15) is 0 Å². The van der Waals surface area contributed by atoms with E-state index in [1.807, 2.05) is 78.9 Å². The molecule has 16 aromatic carbocycles. The highest BCUT2D eigenvalue weighted by Crippen LogP contribution is 2.41. The van der Waals surface area contributed by atoms with Gasteiger partial charge >= 0.3 is 0 Å². The molecule has 0 atom stereocenters. The van der Waals surface area contributed by atoms with Crippen LogP contribution in [0.25, 0.3) is 115 Å². The first kappa shape index (κ1) is 91.3. The Hall–Kier alpha value is -10.5. The van der Waals surface area contributed by atoms with Gasteiger partial charge in [-0.25, -0.2) is 0 Å². The minimum absolute atomic E-state index is 0. The molecule has 3 aromatic heterocycles. The topological polar surface area (TPSA) is 124 Å². The molecule has 2 aliphatic rings. The van der Waals surface area contributed by atoms with Gasteiger partial charge in [-0.05, 0) is 208 Å². The van der Waals surface area contributed by atoms with Gasteiger partial charge in [-0.3, -0.25) is 15.0 Å². The van der Waals surface area contributed by atoms with Crippen molar-refractivity contribution in [2.45, 2.75) is 53.9 Å². The van der Waals surface area contributed by atoms with Crippen molar-refractivity contribution >= 4 is 210 Å². The smallest absolute Gasteiger partial charge is 0.163 e. The number of hydrogen-bond donors (Lipinski definition) is 6. The van der Waals surface area contributed by atoms with E-state index in [1.54, 1.807) is 6.92 Å². The molecule has 21 rings (SSSR count). The summed E-state index contributed by atoms with van der Waals surface area (Å²) in [4.78, 5) is 18.4. The highest BCUT2D eigenvalue weighted by Gasteiger charge is 2.21. The number of halogens is 8. The molecule has 16 heteroatoms.